The van der Waals surface area contributed by atoms with Gasteiger partial charge in [-0.15, -0.1) is 6.58 Å². The van der Waals surface area contributed by atoms with E-state index in [-0.39, 0.29) is 0 Å². The van der Waals surface area contributed by atoms with Gasteiger partial charge in [0.25, 0.3) is 0 Å². The Morgan fingerprint density at radius 2 is 2.30 bits per heavy atom. The highest BCUT2D eigenvalue weighted by atomic mass is 14.5. The van der Waals surface area contributed by atoms with Crippen molar-refractivity contribution in [2.24, 2.45) is 5.73 Å². The van der Waals surface area contributed by atoms with Crippen LogP contribution in [0.4, 0.5) is 0 Å². The second kappa shape index (κ2) is 6.56. The van der Waals surface area contributed by atoms with Gasteiger partial charge in [0.2, 0.25) is 0 Å². The summed E-state index contributed by atoms with van der Waals surface area (Å²) in [4.78, 5) is 0. The Hall–Kier alpha value is -0.560. The lowest BCUT2D eigenvalue weighted by Gasteiger charge is -1.98. The van der Waals surface area contributed by atoms with Crippen molar-refractivity contribution in [3.05, 3.63) is 24.3 Å². The normalized spacial score (nSPS) is 11.6. The molecule has 0 rings (SSSR count). The summed E-state index contributed by atoms with van der Waals surface area (Å²) in [5, 5.41) is 0. The Morgan fingerprint density at radius 1 is 1.60 bits per heavy atom. The molecule has 58 valence electrons. The van der Waals surface area contributed by atoms with Crippen molar-refractivity contribution in [1.82, 2.24) is 0 Å². The topological polar surface area (TPSA) is 26.0 Å². The molecule has 0 atom stereocenters. The molecule has 0 bridgehead atoms. The maximum absolute atomic E-state index is 5.36. The first-order valence-electron chi connectivity index (χ1n) is 3.84. The van der Waals surface area contributed by atoms with Gasteiger partial charge in [-0.3, -0.25) is 0 Å². The molecule has 0 aliphatic carbocycles. The molecular weight excluding hydrogens is 122 g/mol. The first-order valence-corrected chi connectivity index (χ1v) is 3.84. The maximum Gasteiger partial charge on any atom is -0.00425 e. The number of hydrogen-bond donors (Lipinski definition) is 1. The lowest BCUT2D eigenvalue weighted by molar-refractivity contribution is 0.952. The third-order valence-electron chi connectivity index (χ3n) is 1.46. The molecule has 0 heterocycles. The van der Waals surface area contributed by atoms with E-state index in [1.54, 1.807) is 0 Å². The second-order valence-electron chi connectivity index (χ2n) is 2.29. The van der Waals surface area contributed by atoms with Crippen molar-refractivity contribution in [1.29, 1.82) is 0 Å². The zero-order valence-corrected chi connectivity index (χ0v) is 6.77. The van der Waals surface area contributed by atoms with Gasteiger partial charge in [0.1, 0.15) is 0 Å². The predicted molar refractivity (Wildman–Crippen MR) is 46.9 cm³/mol. The van der Waals surface area contributed by atoms with Gasteiger partial charge in [-0.1, -0.05) is 24.6 Å². The molecule has 0 amide bonds. The first-order chi connectivity index (χ1) is 4.85. The fraction of sp³-hybridized carbons (Fsp3) is 0.556. The fourth-order valence-electron chi connectivity index (χ4n) is 0.845. The summed E-state index contributed by atoms with van der Waals surface area (Å²) in [6.45, 7) is 6.59. The summed E-state index contributed by atoms with van der Waals surface area (Å²) < 4.78 is 0. The molecule has 0 aliphatic heterocycles. The van der Waals surface area contributed by atoms with Crippen LogP contribution < -0.4 is 5.73 Å². The van der Waals surface area contributed by atoms with Crippen molar-refractivity contribution in [2.45, 2.75) is 26.2 Å². The Morgan fingerprint density at radius 3 is 2.70 bits per heavy atom. The van der Waals surface area contributed by atoms with Gasteiger partial charge in [-0.25, -0.2) is 0 Å². The largest absolute Gasteiger partial charge is 0.330 e. The van der Waals surface area contributed by atoms with Gasteiger partial charge in [-0.2, -0.15) is 0 Å². The van der Waals surface area contributed by atoms with Crippen molar-refractivity contribution in [3.8, 4) is 0 Å². The predicted octanol–water partition coefficient (Wildman–Crippen LogP) is 2.25. The number of rotatable bonds is 5. The van der Waals surface area contributed by atoms with Crippen LogP contribution >= 0.6 is 0 Å². The summed E-state index contributed by atoms with van der Waals surface area (Å²) in [5.74, 6) is 0. The second-order valence-corrected chi connectivity index (χ2v) is 2.29. The summed E-state index contributed by atoms with van der Waals surface area (Å²) in [5.41, 5.74) is 6.80. The Labute approximate surface area is 63.6 Å². The summed E-state index contributed by atoms with van der Waals surface area (Å²) in [6, 6.07) is 0. The standard InChI is InChI=1S/C9H17N/c1-3-6-9(4-2)7-5-8-10/h3,7H,1,4-6,8,10H2,2H3. The highest BCUT2D eigenvalue weighted by molar-refractivity contribution is 5.05. The molecule has 2 N–H and O–H groups in total. The van der Waals surface area contributed by atoms with E-state index in [0.29, 0.717) is 0 Å². The molecular formula is C9H17N. The highest BCUT2D eigenvalue weighted by Gasteiger charge is 1.88. The smallest absolute Gasteiger partial charge is 0.00425 e. The SMILES string of the molecule is C=CCC(=CCCN)CC. The minimum Gasteiger partial charge on any atom is -0.330 e. The van der Waals surface area contributed by atoms with E-state index < -0.39 is 0 Å². The van der Waals surface area contributed by atoms with E-state index in [1.807, 2.05) is 6.08 Å². The minimum atomic E-state index is 0.751. The highest BCUT2D eigenvalue weighted by Crippen LogP contribution is 2.06. The number of allylic oxidation sites excluding steroid dienone is 2. The first kappa shape index (κ1) is 9.44. The van der Waals surface area contributed by atoms with E-state index in [4.69, 9.17) is 5.73 Å². The molecule has 0 aliphatic rings. The third-order valence-corrected chi connectivity index (χ3v) is 1.46. The van der Waals surface area contributed by atoms with Gasteiger partial charge >= 0.3 is 0 Å². The van der Waals surface area contributed by atoms with Gasteiger partial charge < -0.3 is 5.73 Å². The van der Waals surface area contributed by atoms with Crippen molar-refractivity contribution >= 4 is 0 Å². The molecule has 0 aromatic carbocycles. The molecule has 0 saturated heterocycles. The van der Waals surface area contributed by atoms with E-state index in [2.05, 4.69) is 19.6 Å². The molecule has 0 aromatic rings. The molecule has 10 heavy (non-hydrogen) atoms. The van der Waals surface area contributed by atoms with Crippen molar-refractivity contribution in [2.75, 3.05) is 6.54 Å². The van der Waals surface area contributed by atoms with Crippen LogP contribution in [0.25, 0.3) is 0 Å². The number of nitrogens with two attached hydrogens (primary N) is 1. The van der Waals surface area contributed by atoms with Crippen LogP contribution in [0.1, 0.15) is 26.2 Å². The van der Waals surface area contributed by atoms with Gasteiger partial charge in [0.15, 0.2) is 0 Å². The molecule has 0 saturated carbocycles. The quantitative estimate of drug-likeness (QED) is 0.581. The lowest BCUT2D eigenvalue weighted by Crippen LogP contribution is -1.96. The lowest BCUT2D eigenvalue weighted by atomic mass is 10.1. The third kappa shape index (κ3) is 4.33. The molecule has 1 heteroatoms. The Kier molecular flexibility index (Phi) is 6.19. The minimum absolute atomic E-state index is 0.751. The zero-order valence-electron chi connectivity index (χ0n) is 6.77. The summed E-state index contributed by atoms with van der Waals surface area (Å²) in [7, 11) is 0. The fourth-order valence-corrected chi connectivity index (χ4v) is 0.845. The van der Waals surface area contributed by atoms with E-state index in [1.165, 1.54) is 5.57 Å². The van der Waals surface area contributed by atoms with E-state index in [0.717, 1.165) is 25.8 Å². The Bertz CT molecular complexity index is 114. The molecule has 0 unspecified atom stereocenters. The maximum atomic E-state index is 5.36. The molecule has 0 spiro atoms. The van der Waals surface area contributed by atoms with Crippen molar-refractivity contribution in [3.63, 3.8) is 0 Å². The van der Waals surface area contributed by atoms with Crippen LogP contribution in [0.3, 0.4) is 0 Å². The summed E-state index contributed by atoms with van der Waals surface area (Å²) in [6.07, 6.45) is 7.27. The van der Waals surface area contributed by atoms with Crippen LogP contribution in [0.2, 0.25) is 0 Å². The van der Waals surface area contributed by atoms with Gasteiger partial charge in [-0.05, 0) is 25.8 Å². The number of hydrogen-bond acceptors (Lipinski definition) is 1. The molecule has 1 nitrogen and oxygen atoms in total. The Balaban J connectivity index is 3.65. The van der Waals surface area contributed by atoms with Crippen LogP contribution in [0, 0.1) is 0 Å². The van der Waals surface area contributed by atoms with E-state index >= 15 is 0 Å². The zero-order chi connectivity index (χ0) is 7.82. The van der Waals surface area contributed by atoms with E-state index in [9.17, 15) is 0 Å². The van der Waals surface area contributed by atoms with Crippen LogP contribution in [-0.4, -0.2) is 6.54 Å². The molecule has 0 fully saturated rings. The van der Waals surface area contributed by atoms with Crippen LogP contribution in [0.5, 0.6) is 0 Å². The van der Waals surface area contributed by atoms with Gasteiger partial charge in [0.05, 0.1) is 0 Å². The average Bonchev–Trinajstić information content (AvgIpc) is 1.98. The van der Waals surface area contributed by atoms with Crippen LogP contribution in [0.15, 0.2) is 24.3 Å². The van der Waals surface area contributed by atoms with Crippen LogP contribution in [-0.2, 0) is 0 Å². The summed E-state index contributed by atoms with van der Waals surface area (Å²) >= 11 is 0. The molecule has 0 aromatic heterocycles. The van der Waals surface area contributed by atoms with Gasteiger partial charge in [0, 0.05) is 0 Å². The van der Waals surface area contributed by atoms with Crippen molar-refractivity contribution < 1.29 is 0 Å². The molecule has 0 radical (unpaired) electrons. The monoisotopic (exact) mass is 139 g/mol. The average molecular weight is 139 g/mol.